The molecule has 0 bridgehead atoms. The summed E-state index contributed by atoms with van der Waals surface area (Å²) in [5, 5.41) is 21.6. The fraction of sp³-hybridized carbons (Fsp3) is 0.444. The summed E-state index contributed by atoms with van der Waals surface area (Å²) in [6.45, 7) is 7.48. The van der Waals surface area contributed by atoms with Crippen LogP contribution in [0.5, 0.6) is 0 Å². The maximum Gasteiger partial charge on any atom is 0.274 e. The fourth-order valence-corrected chi connectivity index (χ4v) is 2.64. The maximum atomic E-state index is 11.1. The van der Waals surface area contributed by atoms with E-state index in [9.17, 15) is 10.1 Å². The second-order valence-electron chi connectivity index (χ2n) is 5.67. The molecule has 0 atom stereocenters. The van der Waals surface area contributed by atoms with Crippen molar-refractivity contribution in [3.63, 3.8) is 0 Å². The molecule has 0 saturated heterocycles. The molecular formula is C18H25N5O3. The van der Waals surface area contributed by atoms with Gasteiger partial charge in [-0.1, -0.05) is 37.2 Å². The number of hydrogen-bond acceptors (Lipinski definition) is 5. The monoisotopic (exact) mass is 359 g/mol. The van der Waals surface area contributed by atoms with Crippen LogP contribution in [-0.4, -0.2) is 22.6 Å². The van der Waals surface area contributed by atoms with E-state index < -0.39 is 0 Å². The van der Waals surface area contributed by atoms with Crippen LogP contribution >= 0.6 is 0 Å². The molecule has 0 unspecified atom stereocenters. The van der Waals surface area contributed by atoms with Crippen molar-refractivity contribution >= 4 is 11.6 Å². The second kappa shape index (κ2) is 9.55. The first kappa shape index (κ1) is 19.4. The van der Waals surface area contributed by atoms with E-state index in [4.69, 9.17) is 4.52 Å². The number of para-hydroxylation sites is 1. The molecule has 0 aliphatic carbocycles. The molecule has 0 spiro atoms. The lowest BCUT2D eigenvalue weighted by Crippen LogP contribution is -2.37. The number of aromatic nitrogens is 1. The summed E-state index contributed by atoms with van der Waals surface area (Å²) < 4.78 is 5.37. The number of nitro groups is 1. The Morgan fingerprint density at radius 2 is 2.00 bits per heavy atom. The third-order valence-electron chi connectivity index (χ3n) is 3.98. The highest BCUT2D eigenvalue weighted by atomic mass is 16.6. The summed E-state index contributed by atoms with van der Waals surface area (Å²) in [4.78, 5) is 15.2. The Kier molecular flexibility index (Phi) is 7.13. The Bertz CT molecular complexity index is 748. The molecule has 2 rings (SSSR count). The Balaban J connectivity index is 2.13. The normalized spacial score (nSPS) is 11.4. The predicted molar refractivity (Wildman–Crippen MR) is 100 cm³/mol. The number of aryl methyl sites for hydroxylation is 2. The second-order valence-corrected chi connectivity index (χ2v) is 5.67. The highest BCUT2D eigenvalue weighted by molar-refractivity contribution is 5.79. The maximum absolute atomic E-state index is 11.1. The number of hydrogen-bond donors (Lipinski definition) is 2. The molecule has 1 aromatic heterocycles. The lowest BCUT2D eigenvalue weighted by Gasteiger charge is -2.11. The number of rotatable bonds is 8. The van der Waals surface area contributed by atoms with Crippen molar-refractivity contribution < 1.29 is 9.45 Å². The zero-order chi connectivity index (χ0) is 18.9. The van der Waals surface area contributed by atoms with Crippen molar-refractivity contribution in [3.05, 3.63) is 57.0 Å². The van der Waals surface area contributed by atoms with E-state index in [-0.39, 0.29) is 17.2 Å². The summed E-state index contributed by atoms with van der Waals surface area (Å²) in [7, 11) is 0. The van der Waals surface area contributed by atoms with Crippen molar-refractivity contribution in [2.75, 3.05) is 6.54 Å². The lowest BCUT2D eigenvalue weighted by atomic mass is 10.1. The third-order valence-corrected chi connectivity index (χ3v) is 3.98. The molecule has 2 N–H and O–H groups in total. The molecule has 1 heterocycles. The van der Waals surface area contributed by atoms with Gasteiger partial charge in [0.15, 0.2) is 5.96 Å². The molecule has 26 heavy (non-hydrogen) atoms. The average molecular weight is 359 g/mol. The molecule has 0 radical (unpaired) electrons. The number of nitrogens with one attached hydrogen (secondary N) is 2. The first-order valence-corrected chi connectivity index (χ1v) is 8.81. The first-order chi connectivity index (χ1) is 12.6. The number of benzene rings is 1. The first-order valence-electron chi connectivity index (χ1n) is 8.81. The predicted octanol–water partition coefficient (Wildman–Crippen LogP) is 2.96. The molecular weight excluding hydrogens is 334 g/mol. The Morgan fingerprint density at radius 1 is 1.23 bits per heavy atom. The summed E-state index contributed by atoms with van der Waals surface area (Å²) in [5.41, 5.74) is 2.63. The van der Waals surface area contributed by atoms with Crippen LogP contribution in [-0.2, 0) is 25.9 Å². The van der Waals surface area contributed by atoms with Gasteiger partial charge in [-0.25, -0.2) is 4.99 Å². The van der Waals surface area contributed by atoms with Gasteiger partial charge < -0.3 is 15.2 Å². The summed E-state index contributed by atoms with van der Waals surface area (Å²) in [6.07, 6.45) is 1.57. The van der Waals surface area contributed by atoms with Crippen LogP contribution in [0.15, 0.2) is 33.8 Å². The van der Waals surface area contributed by atoms with Crippen molar-refractivity contribution in [1.82, 2.24) is 15.8 Å². The van der Waals surface area contributed by atoms with Crippen LogP contribution < -0.4 is 10.6 Å². The van der Waals surface area contributed by atoms with E-state index in [0.717, 1.165) is 29.9 Å². The van der Waals surface area contributed by atoms with Crippen molar-refractivity contribution in [2.45, 2.75) is 46.7 Å². The van der Waals surface area contributed by atoms with Crippen LogP contribution in [0.4, 0.5) is 5.69 Å². The lowest BCUT2D eigenvalue weighted by molar-refractivity contribution is -0.385. The largest absolute Gasteiger partial charge is 0.361 e. The molecule has 0 fully saturated rings. The van der Waals surface area contributed by atoms with Gasteiger partial charge in [-0.15, -0.1) is 0 Å². The van der Waals surface area contributed by atoms with Gasteiger partial charge in [0.2, 0.25) is 0 Å². The van der Waals surface area contributed by atoms with Crippen molar-refractivity contribution in [1.29, 1.82) is 0 Å². The van der Waals surface area contributed by atoms with E-state index in [1.807, 2.05) is 20.8 Å². The van der Waals surface area contributed by atoms with Gasteiger partial charge in [0.25, 0.3) is 5.69 Å². The van der Waals surface area contributed by atoms with Crippen LogP contribution in [0.1, 0.15) is 43.4 Å². The fourth-order valence-electron chi connectivity index (χ4n) is 2.64. The van der Waals surface area contributed by atoms with Gasteiger partial charge >= 0.3 is 0 Å². The molecule has 1 aromatic carbocycles. The molecule has 8 heteroatoms. The van der Waals surface area contributed by atoms with Crippen LogP contribution in [0.3, 0.4) is 0 Å². The standard InChI is InChI=1S/C18H25N5O3/c1-4-15-14(17(5-2)26-22-15)12-21-18(19-6-3)20-11-13-9-7-8-10-16(13)23(24)25/h7-10H,4-6,11-12H2,1-3H3,(H2,19,20,21). The van der Waals surface area contributed by atoms with Gasteiger partial charge in [-0.2, -0.15) is 0 Å². The smallest absolute Gasteiger partial charge is 0.274 e. The van der Waals surface area contributed by atoms with E-state index in [2.05, 4.69) is 20.8 Å². The van der Waals surface area contributed by atoms with Gasteiger partial charge in [0.05, 0.1) is 22.7 Å². The molecule has 0 saturated carbocycles. The number of nitrogens with zero attached hydrogens (tertiary/aromatic N) is 3. The Morgan fingerprint density at radius 3 is 2.65 bits per heavy atom. The quantitative estimate of drug-likeness (QED) is 0.325. The third kappa shape index (κ3) is 4.81. The highest BCUT2D eigenvalue weighted by Crippen LogP contribution is 2.18. The van der Waals surface area contributed by atoms with E-state index >= 15 is 0 Å². The SMILES string of the molecule is CCNC(=NCc1ccccc1[N+](=O)[O-])NCc1c(CC)noc1CC. The van der Waals surface area contributed by atoms with Crippen LogP contribution in [0.2, 0.25) is 0 Å². The molecule has 0 aliphatic heterocycles. The number of aliphatic imine (C=N–C) groups is 1. The summed E-state index contributed by atoms with van der Waals surface area (Å²) >= 11 is 0. The highest BCUT2D eigenvalue weighted by Gasteiger charge is 2.14. The van der Waals surface area contributed by atoms with E-state index in [1.165, 1.54) is 6.07 Å². The van der Waals surface area contributed by atoms with Crippen molar-refractivity contribution in [3.8, 4) is 0 Å². The number of nitro benzene ring substituents is 1. The van der Waals surface area contributed by atoms with Gasteiger partial charge in [-0.3, -0.25) is 10.1 Å². The summed E-state index contributed by atoms with van der Waals surface area (Å²) in [5.74, 6) is 1.46. The minimum atomic E-state index is -0.386. The van der Waals surface area contributed by atoms with Gasteiger partial charge in [-0.05, 0) is 13.3 Å². The Hall–Kier alpha value is -2.90. The molecule has 140 valence electrons. The molecule has 0 aliphatic rings. The Labute approximate surface area is 152 Å². The number of guanidine groups is 1. The van der Waals surface area contributed by atoms with E-state index in [0.29, 0.717) is 24.6 Å². The minimum absolute atomic E-state index is 0.0765. The van der Waals surface area contributed by atoms with Crippen molar-refractivity contribution in [2.24, 2.45) is 4.99 Å². The zero-order valence-electron chi connectivity index (χ0n) is 15.4. The summed E-state index contributed by atoms with van der Waals surface area (Å²) in [6, 6.07) is 6.63. The topological polar surface area (TPSA) is 106 Å². The van der Waals surface area contributed by atoms with Gasteiger partial charge in [0, 0.05) is 31.1 Å². The van der Waals surface area contributed by atoms with Crippen LogP contribution in [0.25, 0.3) is 0 Å². The van der Waals surface area contributed by atoms with Crippen LogP contribution in [0, 0.1) is 10.1 Å². The molecule has 2 aromatic rings. The molecule has 8 nitrogen and oxygen atoms in total. The van der Waals surface area contributed by atoms with Gasteiger partial charge in [0.1, 0.15) is 5.76 Å². The van der Waals surface area contributed by atoms with E-state index in [1.54, 1.807) is 18.2 Å². The minimum Gasteiger partial charge on any atom is -0.361 e. The average Bonchev–Trinajstić information content (AvgIpc) is 3.06. The molecule has 0 amide bonds. The zero-order valence-corrected chi connectivity index (χ0v) is 15.4.